The first-order valence-electron chi connectivity index (χ1n) is 6.05. The van der Waals surface area contributed by atoms with Gasteiger partial charge in [0.2, 0.25) is 5.91 Å². The van der Waals surface area contributed by atoms with Crippen LogP contribution in [-0.4, -0.2) is 25.7 Å². The molecule has 1 aromatic carbocycles. The number of rotatable bonds is 2. The molecule has 18 heavy (non-hydrogen) atoms. The van der Waals surface area contributed by atoms with Crippen molar-refractivity contribution >= 4 is 11.6 Å². The highest BCUT2D eigenvalue weighted by molar-refractivity contribution is 5.90. The third kappa shape index (κ3) is 1.95. The molecule has 5 nitrogen and oxygen atoms in total. The van der Waals surface area contributed by atoms with Crippen LogP contribution in [0.3, 0.4) is 0 Å². The minimum Gasteiger partial charge on any atom is -0.492 e. The Morgan fingerprint density at radius 3 is 2.78 bits per heavy atom. The van der Waals surface area contributed by atoms with Gasteiger partial charge in [-0.1, -0.05) is 0 Å². The molecule has 1 fully saturated rings. The number of hydrogen-bond acceptors (Lipinski definition) is 4. The molecule has 3 rings (SSSR count). The molecule has 0 spiro atoms. The van der Waals surface area contributed by atoms with E-state index in [4.69, 9.17) is 14.2 Å². The third-order valence-electron chi connectivity index (χ3n) is 3.08. The van der Waals surface area contributed by atoms with Gasteiger partial charge in [-0.3, -0.25) is 4.79 Å². The van der Waals surface area contributed by atoms with Gasteiger partial charge < -0.3 is 19.5 Å². The van der Waals surface area contributed by atoms with E-state index in [9.17, 15) is 4.79 Å². The van der Waals surface area contributed by atoms with Crippen LogP contribution in [0.5, 0.6) is 5.75 Å². The summed E-state index contributed by atoms with van der Waals surface area (Å²) in [7, 11) is 0. The van der Waals surface area contributed by atoms with Crippen molar-refractivity contribution in [2.24, 2.45) is 0 Å². The Balaban J connectivity index is 1.98. The van der Waals surface area contributed by atoms with E-state index in [2.05, 4.69) is 5.32 Å². The molecule has 0 atom stereocenters. The molecule has 1 aromatic rings. The van der Waals surface area contributed by atoms with E-state index in [0.29, 0.717) is 19.8 Å². The van der Waals surface area contributed by atoms with Crippen LogP contribution in [0.1, 0.15) is 24.3 Å². The van der Waals surface area contributed by atoms with Gasteiger partial charge in [-0.15, -0.1) is 0 Å². The van der Waals surface area contributed by atoms with E-state index in [-0.39, 0.29) is 12.2 Å². The summed E-state index contributed by atoms with van der Waals surface area (Å²) in [6.45, 7) is 3.34. The van der Waals surface area contributed by atoms with Crippen molar-refractivity contribution in [3.63, 3.8) is 0 Å². The van der Waals surface area contributed by atoms with Crippen LogP contribution in [0.2, 0.25) is 0 Å². The number of carbonyl (C=O) groups excluding carboxylic acids is 1. The van der Waals surface area contributed by atoms with Crippen LogP contribution >= 0.6 is 0 Å². The average molecular weight is 249 g/mol. The fraction of sp³-hybridized carbons (Fsp3) is 0.462. The summed E-state index contributed by atoms with van der Waals surface area (Å²) < 4.78 is 16.6. The molecule has 1 amide bonds. The van der Waals surface area contributed by atoms with Gasteiger partial charge in [0, 0.05) is 24.6 Å². The lowest BCUT2D eigenvalue weighted by atomic mass is 10.1. The minimum atomic E-state index is -0.344. The van der Waals surface area contributed by atoms with Crippen LogP contribution in [0.15, 0.2) is 12.1 Å². The fourth-order valence-corrected chi connectivity index (χ4v) is 2.35. The van der Waals surface area contributed by atoms with Crippen molar-refractivity contribution in [1.82, 2.24) is 0 Å². The van der Waals surface area contributed by atoms with Crippen LogP contribution in [-0.2, 0) is 20.7 Å². The summed E-state index contributed by atoms with van der Waals surface area (Å²) in [6, 6.07) is 3.78. The summed E-state index contributed by atoms with van der Waals surface area (Å²) in [5, 5.41) is 2.82. The second kappa shape index (κ2) is 4.59. The quantitative estimate of drug-likeness (QED) is 0.865. The van der Waals surface area contributed by atoms with Crippen molar-refractivity contribution in [2.45, 2.75) is 19.6 Å². The molecule has 96 valence electrons. The van der Waals surface area contributed by atoms with Gasteiger partial charge in [-0.2, -0.15) is 0 Å². The van der Waals surface area contributed by atoms with E-state index in [1.807, 2.05) is 12.1 Å². The van der Waals surface area contributed by atoms with Crippen molar-refractivity contribution < 1.29 is 19.0 Å². The largest absolute Gasteiger partial charge is 0.492 e. The van der Waals surface area contributed by atoms with Gasteiger partial charge in [0.25, 0.3) is 0 Å². The molecule has 2 aliphatic rings. The average Bonchev–Trinajstić information content (AvgIpc) is 2.99. The molecule has 0 bridgehead atoms. The Kier molecular flexibility index (Phi) is 2.93. The summed E-state index contributed by atoms with van der Waals surface area (Å²) in [5.74, 6) is 0.721. The third-order valence-corrected chi connectivity index (χ3v) is 3.08. The monoisotopic (exact) mass is 249 g/mol. The molecule has 2 heterocycles. The number of ether oxygens (including phenoxy) is 3. The maximum Gasteiger partial charge on any atom is 0.221 e. The van der Waals surface area contributed by atoms with Gasteiger partial charge in [0.15, 0.2) is 6.29 Å². The number of fused-ring (bicyclic) bond motifs is 1. The number of hydrogen-bond donors (Lipinski definition) is 1. The number of carbonyl (C=O) groups is 1. The van der Waals surface area contributed by atoms with Crippen molar-refractivity contribution in [2.75, 3.05) is 25.1 Å². The SMILES string of the molecule is CC(=O)Nc1ccc(C2OCCO2)c2c1CCO2. The van der Waals surface area contributed by atoms with Crippen LogP contribution in [0.4, 0.5) is 5.69 Å². The van der Waals surface area contributed by atoms with Crippen LogP contribution in [0.25, 0.3) is 0 Å². The lowest BCUT2D eigenvalue weighted by Gasteiger charge is -2.15. The highest BCUT2D eigenvalue weighted by Crippen LogP contribution is 2.40. The molecule has 1 saturated heterocycles. The van der Waals surface area contributed by atoms with Crippen LogP contribution in [0, 0.1) is 0 Å². The van der Waals surface area contributed by atoms with E-state index in [1.54, 1.807) is 0 Å². The van der Waals surface area contributed by atoms with E-state index >= 15 is 0 Å². The summed E-state index contributed by atoms with van der Waals surface area (Å²) >= 11 is 0. The second-order valence-electron chi connectivity index (χ2n) is 4.36. The Hall–Kier alpha value is -1.59. The minimum absolute atomic E-state index is 0.0785. The molecule has 2 aliphatic heterocycles. The van der Waals surface area contributed by atoms with Gasteiger partial charge in [-0.05, 0) is 12.1 Å². The van der Waals surface area contributed by atoms with E-state index < -0.39 is 0 Å². The normalized spacial score (nSPS) is 18.5. The summed E-state index contributed by atoms with van der Waals surface area (Å²) in [6.07, 6.45) is 0.453. The number of anilines is 1. The molecule has 5 heteroatoms. The van der Waals surface area contributed by atoms with Crippen LogP contribution < -0.4 is 10.1 Å². The van der Waals surface area contributed by atoms with Crippen molar-refractivity contribution in [3.8, 4) is 5.75 Å². The molecule has 0 unspecified atom stereocenters. The zero-order chi connectivity index (χ0) is 12.5. The highest BCUT2D eigenvalue weighted by atomic mass is 16.7. The second-order valence-corrected chi connectivity index (χ2v) is 4.36. The molecule has 1 N–H and O–H groups in total. The fourth-order valence-electron chi connectivity index (χ4n) is 2.35. The Labute approximate surface area is 105 Å². The van der Waals surface area contributed by atoms with Gasteiger partial charge >= 0.3 is 0 Å². The molecular weight excluding hydrogens is 234 g/mol. The number of amides is 1. The molecule has 0 aromatic heterocycles. The highest BCUT2D eigenvalue weighted by Gasteiger charge is 2.28. The Morgan fingerprint density at radius 2 is 2.06 bits per heavy atom. The lowest BCUT2D eigenvalue weighted by Crippen LogP contribution is -2.08. The first kappa shape index (κ1) is 11.5. The van der Waals surface area contributed by atoms with E-state index in [0.717, 1.165) is 29.0 Å². The zero-order valence-corrected chi connectivity index (χ0v) is 10.2. The van der Waals surface area contributed by atoms with E-state index in [1.165, 1.54) is 6.92 Å². The van der Waals surface area contributed by atoms with Gasteiger partial charge in [0.1, 0.15) is 5.75 Å². The zero-order valence-electron chi connectivity index (χ0n) is 10.2. The standard InChI is InChI=1S/C13H15NO4/c1-8(15)14-11-3-2-10(13-17-6-7-18-13)12-9(11)4-5-16-12/h2-3,13H,4-7H2,1H3,(H,14,15). The summed E-state index contributed by atoms with van der Waals surface area (Å²) in [5.41, 5.74) is 2.76. The molecule has 0 aliphatic carbocycles. The first-order chi connectivity index (χ1) is 8.75. The predicted octanol–water partition coefficient (Wildman–Crippen LogP) is 1.63. The molecule has 0 radical (unpaired) electrons. The number of benzene rings is 1. The topological polar surface area (TPSA) is 56.8 Å². The lowest BCUT2D eigenvalue weighted by molar-refractivity contribution is -0.114. The predicted molar refractivity (Wildman–Crippen MR) is 64.6 cm³/mol. The molecule has 0 saturated carbocycles. The van der Waals surface area contributed by atoms with Crippen molar-refractivity contribution in [1.29, 1.82) is 0 Å². The van der Waals surface area contributed by atoms with Gasteiger partial charge in [-0.25, -0.2) is 0 Å². The maximum atomic E-state index is 11.2. The Morgan fingerprint density at radius 1 is 1.28 bits per heavy atom. The molecular formula is C13H15NO4. The smallest absolute Gasteiger partial charge is 0.221 e. The van der Waals surface area contributed by atoms with Crippen molar-refractivity contribution in [3.05, 3.63) is 23.3 Å². The summed E-state index contributed by atoms with van der Waals surface area (Å²) in [4.78, 5) is 11.2. The number of nitrogens with one attached hydrogen (secondary N) is 1. The maximum absolute atomic E-state index is 11.2. The van der Waals surface area contributed by atoms with Gasteiger partial charge in [0.05, 0.1) is 25.4 Å². The first-order valence-corrected chi connectivity index (χ1v) is 6.05. The Bertz CT molecular complexity index is 480.